The van der Waals surface area contributed by atoms with Crippen LogP contribution in [0.4, 0.5) is 0 Å². The van der Waals surface area contributed by atoms with E-state index < -0.39 is 0 Å². The molecule has 1 unspecified atom stereocenters. The lowest BCUT2D eigenvalue weighted by atomic mass is 9.99. The fourth-order valence-electron chi connectivity index (χ4n) is 1.14. The van der Waals surface area contributed by atoms with Crippen molar-refractivity contribution in [2.24, 2.45) is 11.7 Å². The standard InChI is InChI=1S/C9H17NO3/c1-3-7(9(10)12)5-4-6-8(11)13-2/h7H,3-6H2,1-2H3,(H2,10,12). The van der Waals surface area contributed by atoms with Gasteiger partial charge in [0, 0.05) is 12.3 Å². The predicted octanol–water partition coefficient (Wildman–Crippen LogP) is 0.841. The molecule has 0 aromatic heterocycles. The number of hydrogen-bond donors (Lipinski definition) is 1. The molecule has 2 N–H and O–H groups in total. The van der Waals surface area contributed by atoms with Crippen LogP contribution in [0.2, 0.25) is 0 Å². The van der Waals surface area contributed by atoms with Crippen molar-refractivity contribution in [3.63, 3.8) is 0 Å². The minimum Gasteiger partial charge on any atom is -0.469 e. The highest BCUT2D eigenvalue weighted by atomic mass is 16.5. The van der Waals surface area contributed by atoms with Crippen LogP contribution in [0.3, 0.4) is 0 Å². The van der Waals surface area contributed by atoms with Gasteiger partial charge in [-0.2, -0.15) is 0 Å². The van der Waals surface area contributed by atoms with Crippen LogP contribution in [-0.2, 0) is 14.3 Å². The summed E-state index contributed by atoms with van der Waals surface area (Å²) in [6.45, 7) is 1.91. The monoisotopic (exact) mass is 187 g/mol. The summed E-state index contributed by atoms with van der Waals surface area (Å²) in [7, 11) is 1.35. The van der Waals surface area contributed by atoms with Crippen molar-refractivity contribution in [3.05, 3.63) is 0 Å². The van der Waals surface area contributed by atoms with Gasteiger partial charge in [0.15, 0.2) is 0 Å². The van der Waals surface area contributed by atoms with Crippen molar-refractivity contribution in [1.29, 1.82) is 0 Å². The number of primary amides is 1. The molecule has 0 saturated heterocycles. The van der Waals surface area contributed by atoms with Gasteiger partial charge in [-0.05, 0) is 19.3 Å². The minimum absolute atomic E-state index is 0.107. The van der Waals surface area contributed by atoms with Crippen molar-refractivity contribution in [1.82, 2.24) is 0 Å². The zero-order valence-corrected chi connectivity index (χ0v) is 8.21. The van der Waals surface area contributed by atoms with Crippen molar-refractivity contribution >= 4 is 11.9 Å². The van der Waals surface area contributed by atoms with E-state index in [1.165, 1.54) is 7.11 Å². The fourth-order valence-corrected chi connectivity index (χ4v) is 1.14. The molecule has 0 aliphatic heterocycles. The van der Waals surface area contributed by atoms with E-state index in [-0.39, 0.29) is 17.8 Å². The maximum Gasteiger partial charge on any atom is 0.305 e. The molecule has 0 radical (unpaired) electrons. The zero-order valence-electron chi connectivity index (χ0n) is 8.21. The minimum atomic E-state index is -0.285. The molecule has 1 amide bonds. The molecule has 76 valence electrons. The molecule has 4 nitrogen and oxygen atoms in total. The third-order valence-electron chi connectivity index (χ3n) is 2.06. The van der Waals surface area contributed by atoms with Crippen LogP contribution in [-0.4, -0.2) is 19.0 Å². The molecule has 4 heteroatoms. The van der Waals surface area contributed by atoms with Crippen molar-refractivity contribution < 1.29 is 14.3 Å². The Hall–Kier alpha value is -1.06. The van der Waals surface area contributed by atoms with E-state index >= 15 is 0 Å². The molecule has 0 aromatic carbocycles. The second-order valence-electron chi connectivity index (χ2n) is 2.98. The Morgan fingerprint density at radius 1 is 1.46 bits per heavy atom. The molecule has 0 heterocycles. The first-order chi connectivity index (χ1) is 6.11. The van der Waals surface area contributed by atoms with Crippen molar-refractivity contribution in [2.45, 2.75) is 32.6 Å². The fraction of sp³-hybridized carbons (Fsp3) is 0.778. The van der Waals surface area contributed by atoms with Gasteiger partial charge in [0.25, 0.3) is 0 Å². The Labute approximate surface area is 78.4 Å². The molecule has 0 saturated carbocycles. The molecule has 0 fully saturated rings. The molecule has 0 bridgehead atoms. The van der Waals surface area contributed by atoms with Crippen molar-refractivity contribution in [3.8, 4) is 0 Å². The molecular formula is C9H17NO3. The van der Waals surface area contributed by atoms with Crippen LogP contribution >= 0.6 is 0 Å². The molecule has 0 aliphatic carbocycles. The summed E-state index contributed by atoms with van der Waals surface area (Å²) in [6.07, 6.45) is 2.42. The first kappa shape index (κ1) is 11.9. The quantitative estimate of drug-likeness (QED) is 0.626. The number of carbonyl (C=O) groups excluding carboxylic acids is 2. The number of methoxy groups -OCH3 is 1. The molecule has 0 aliphatic rings. The highest BCUT2D eigenvalue weighted by Crippen LogP contribution is 2.11. The first-order valence-corrected chi connectivity index (χ1v) is 4.48. The molecule has 0 rings (SSSR count). The Morgan fingerprint density at radius 2 is 2.08 bits per heavy atom. The number of esters is 1. The van der Waals surface area contributed by atoms with Crippen LogP contribution in [0.1, 0.15) is 32.6 Å². The van der Waals surface area contributed by atoms with Crippen LogP contribution in [0.25, 0.3) is 0 Å². The first-order valence-electron chi connectivity index (χ1n) is 4.48. The lowest BCUT2D eigenvalue weighted by molar-refractivity contribution is -0.141. The van der Waals surface area contributed by atoms with Crippen molar-refractivity contribution in [2.75, 3.05) is 7.11 Å². The van der Waals surface area contributed by atoms with E-state index in [2.05, 4.69) is 4.74 Å². The Bertz CT molecular complexity index is 180. The maximum atomic E-state index is 10.8. The average Bonchev–Trinajstić information content (AvgIpc) is 2.11. The predicted molar refractivity (Wildman–Crippen MR) is 48.8 cm³/mol. The van der Waals surface area contributed by atoms with Crippen LogP contribution < -0.4 is 5.73 Å². The molecule has 1 atom stereocenters. The van der Waals surface area contributed by atoms with E-state index in [4.69, 9.17) is 5.73 Å². The average molecular weight is 187 g/mol. The lowest BCUT2D eigenvalue weighted by Gasteiger charge is -2.08. The summed E-state index contributed by atoms with van der Waals surface area (Å²) in [5.74, 6) is -0.628. The summed E-state index contributed by atoms with van der Waals surface area (Å²) in [6, 6.07) is 0. The Morgan fingerprint density at radius 3 is 2.46 bits per heavy atom. The van der Waals surface area contributed by atoms with Crippen LogP contribution in [0, 0.1) is 5.92 Å². The highest BCUT2D eigenvalue weighted by molar-refractivity contribution is 5.76. The lowest BCUT2D eigenvalue weighted by Crippen LogP contribution is -2.22. The van der Waals surface area contributed by atoms with Gasteiger partial charge in [-0.25, -0.2) is 0 Å². The van der Waals surface area contributed by atoms with Gasteiger partial charge < -0.3 is 10.5 Å². The largest absolute Gasteiger partial charge is 0.469 e. The summed E-state index contributed by atoms with van der Waals surface area (Å²) in [4.78, 5) is 21.5. The summed E-state index contributed by atoms with van der Waals surface area (Å²) < 4.78 is 4.47. The van der Waals surface area contributed by atoms with Gasteiger partial charge in [-0.15, -0.1) is 0 Å². The number of carbonyl (C=O) groups is 2. The normalized spacial score (nSPS) is 12.2. The van der Waals surface area contributed by atoms with Gasteiger partial charge in [-0.1, -0.05) is 6.92 Å². The summed E-state index contributed by atoms with van der Waals surface area (Å²) in [5.41, 5.74) is 5.14. The second kappa shape index (κ2) is 6.46. The summed E-state index contributed by atoms with van der Waals surface area (Å²) in [5, 5.41) is 0. The highest BCUT2D eigenvalue weighted by Gasteiger charge is 2.12. The van der Waals surface area contributed by atoms with Crippen LogP contribution in [0.15, 0.2) is 0 Å². The topological polar surface area (TPSA) is 69.4 Å². The SMILES string of the molecule is CCC(CCCC(=O)OC)C(N)=O. The maximum absolute atomic E-state index is 10.8. The molecular weight excluding hydrogens is 170 g/mol. The number of rotatable bonds is 6. The van der Waals surface area contributed by atoms with Gasteiger partial charge in [0.05, 0.1) is 7.11 Å². The van der Waals surface area contributed by atoms with Gasteiger partial charge in [0.1, 0.15) is 0 Å². The zero-order chi connectivity index (χ0) is 10.3. The molecule has 13 heavy (non-hydrogen) atoms. The smallest absolute Gasteiger partial charge is 0.305 e. The van der Waals surface area contributed by atoms with E-state index in [0.717, 1.165) is 6.42 Å². The molecule has 0 spiro atoms. The third kappa shape index (κ3) is 5.22. The van der Waals surface area contributed by atoms with Gasteiger partial charge >= 0.3 is 5.97 Å². The molecule has 0 aromatic rings. The number of nitrogens with two attached hydrogens (primary N) is 1. The Balaban J connectivity index is 3.61. The Kier molecular flexibility index (Phi) is 5.93. The van der Waals surface area contributed by atoms with E-state index in [0.29, 0.717) is 19.3 Å². The van der Waals surface area contributed by atoms with Gasteiger partial charge in [-0.3, -0.25) is 9.59 Å². The van der Waals surface area contributed by atoms with E-state index in [9.17, 15) is 9.59 Å². The number of hydrogen-bond acceptors (Lipinski definition) is 3. The van der Waals surface area contributed by atoms with Crippen LogP contribution in [0.5, 0.6) is 0 Å². The van der Waals surface area contributed by atoms with E-state index in [1.54, 1.807) is 0 Å². The second-order valence-corrected chi connectivity index (χ2v) is 2.98. The third-order valence-corrected chi connectivity index (χ3v) is 2.06. The van der Waals surface area contributed by atoms with Gasteiger partial charge in [0.2, 0.25) is 5.91 Å². The number of ether oxygens (including phenoxy) is 1. The van der Waals surface area contributed by atoms with E-state index in [1.807, 2.05) is 6.92 Å². The summed E-state index contributed by atoms with van der Waals surface area (Å²) >= 11 is 0. The number of amides is 1.